The molecule has 0 aromatic carbocycles. The number of carbonyl (C=O) groups excluding carboxylic acids is 1. The molecule has 2 atom stereocenters. The van der Waals surface area contributed by atoms with Crippen LogP contribution in [-0.2, 0) is 6.42 Å². The Balaban J connectivity index is 1.93. The van der Waals surface area contributed by atoms with Crippen LogP contribution < -0.4 is 5.56 Å². The van der Waals surface area contributed by atoms with Gasteiger partial charge in [-0.2, -0.15) is 0 Å². The molecule has 1 N–H and O–H groups in total. The second-order valence-corrected chi connectivity index (χ2v) is 6.69. The van der Waals surface area contributed by atoms with E-state index in [0.29, 0.717) is 12.5 Å². The lowest BCUT2D eigenvalue weighted by molar-refractivity contribution is 0.0517. The van der Waals surface area contributed by atoms with E-state index in [1.807, 2.05) is 19.1 Å². The average Bonchev–Trinajstić information content (AvgIpc) is 3.03. The summed E-state index contributed by atoms with van der Waals surface area (Å²) in [4.78, 5) is 29.6. The van der Waals surface area contributed by atoms with Gasteiger partial charge in [-0.1, -0.05) is 13.8 Å². The first kappa shape index (κ1) is 16.6. The molecule has 1 aliphatic heterocycles. The number of hydrogen-bond donors (Lipinski definition) is 1. The molecule has 0 bridgehead atoms. The van der Waals surface area contributed by atoms with Crippen molar-refractivity contribution in [3.63, 3.8) is 0 Å². The topological polar surface area (TPSA) is 66.3 Å². The van der Waals surface area contributed by atoms with Gasteiger partial charge in [-0.25, -0.2) is 0 Å². The number of furan rings is 1. The summed E-state index contributed by atoms with van der Waals surface area (Å²) in [6, 6.07) is 7.20. The van der Waals surface area contributed by atoms with Crippen LogP contribution in [0.2, 0.25) is 0 Å². The van der Waals surface area contributed by atoms with E-state index in [4.69, 9.17) is 4.42 Å². The molecule has 5 heteroatoms. The summed E-state index contributed by atoms with van der Waals surface area (Å²) in [5.74, 6) is 2.03. The molecular weight excluding hydrogens is 304 g/mol. The molecule has 5 nitrogen and oxygen atoms in total. The van der Waals surface area contributed by atoms with Crippen LogP contribution in [0.3, 0.4) is 0 Å². The van der Waals surface area contributed by atoms with Gasteiger partial charge in [-0.3, -0.25) is 9.59 Å². The SMILES string of the molecule is CCc1ccc([C@@H]2C[C@@H](C)CCN2C(=O)c2ccc(C)[nH]c2=O)o1. The number of hydrogen-bond acceptors (Lipinski definition) is 3. The summed E-state index contributed by atoms with van der Waals surface area (Å²) < 4.78 is 5.91. The molecule has 1 saturated heterocycles. The van der Waals surface area contributed by atoms with Crippen molar-refractivity contribution in [1.82, 2.24) is 9.88 Å². The largest absolute Gasteiger partial charge is 0.464 e. The molecule has 1 amide bonds. The first-order valence-electron chi connectivity index (χ1n) is 8.59. The third-order valence-electron chi connectivity index (χ3n) is 4.77. The zero-order valence-corrected chi connectivity index (χ0v) is 14.5. The number of nitrogens with one attached hydrogen (secondary N) is 1. The van der Waals surface area contributed by atoms with Gasteiger partial charge in [0.25, 0.3) is 11.5 Å². The first-order valence-corrected chi connectivity index (χ1v) is 8.59. The molecule has 0 saturated carbocycles. The molecule has 0 radical (unpaired) electrons. The van der Waals surface area contributed by atoms with Gasteiger partial charge in [-0.05, 0) is 49.9 Å². The number of aryl methyl sites for hydroxylation is 2. The van der Waals surface area contributed by atoms with Crippen LogP contribution in [0.25, 0.3) is 0 Å². The Morgan fingerprint density at radius 3 is 2.79 bits per heavy atom. The van der Waals surface area contributed by atoms with Crippen molar-refractivity contribution >= 4 is 5.91 Å². The van der Waals surface area contributed by atoms with Crippen LogP contribution in [-0.4, -0.2) is 22.3 Å². The van der Waals surface area contributed by atoms with E-state index in [2.05, 4.69) is 11.9 Å². The van der Waals surface area contributed by atoms with E-state index in [9.17, 15) is 9.59 Å². The number of pyridine rings is 1. The van der Waals surface area contributed by atoms with Gasteiger partial charge in [0.05, 0.1) is 6.04 Å². The number of carbonyl (C=O) groups is 1. The Labute approximate surface area is 141 Å². The lowest BCUT2D eigenvalue weighted by Crippen LogP contribution is -2.42. The smallest absolute Gasteiger partial charge is 0.260 e. The number of aromatic amines is 1. The van der Waals surface area contributed by atoms with E-state index in [1.165, 1.54) is 0 Å². The summed E-state index contributed by atoms with van der Waals surface area (Å²) in [6.45, 7) is 6.67. The minimum absolute atomic E-state index is 0.109. The van der Waals surface area contributed by atoms with Crippen molar-refractivity contribution in [1.29, 1.82) is 0 Å². The molecule has 1 aliphatic rings. The normalized spacial score (nSPS) is 21.0. The highest BCUT2D eigenvalue weighted by atomic mass is 16.3. The van der Waals surface area contributed by atoms with Crippen molar-refractivity contribution in [3.05, 3.63) is 57.4 Å². The third-order valence-corrected chi connectivity index (χ3v) is 4.77. The van der Waals surface area contributed by atoms with Crippen LogP contribution in [0.5, 0.6) is 0 Å². The van der Waals surface area contributed by atoms with E-state index in [-0.39, 0.29) is 23.1 Å². The molecule has 2 aromatic rings. The molecular formula is C19H24N2O3. The number of likely N-dealkylation sites (tertiary alicyclic amines) is 1. The monoisotopic (exact) mass is 328 g/mol. The van der Waals surface area contributed by atoms with Gasteiger partial charge >= 0.3 is 0 Å². The van der Waals surface area contributed by atoms with Crippen molar-refractivity contribution < 1.29 is 9.21 Å². The van der Waals surface area contributed by atoms with Crippen molar-refractivity contribution in [2.45, 2.75) is 46.1 Å². The maximum Gasteiger partial charge on any atom is 0.260 e. The molecule has 3 rings (SSSR count). The minimum atomic E-state index is -0.328. The highest BCUT2D eigenvalue weighted by Gasteiger charge is 2.34. The van der Waals surface area contributed by atoms with Gasteiger partial charge in [0.2, 0.25) is 0 Å². The summed E-state index contributed by atoms with van der Waals surface area (Å²) in [5.41, 5.74) is 0.618. The Bertz CT molecular complexity index is 790. The lowest BCUT2D eigenvalue weighted by Gasteiger charge is -2.37. The molecule has 24 heavy (non-hydrogen) atoms. The second kappa shape index (κ2) is 6.67. The van der Waals surface area contributed by atoms with E-state index in [1.54, 1.807) is 24.0 Å². The third kappa shape index (κ3) is 3.16. The van der Waals surface area contributed by atoms with E-state index >= 15 is 0 Å². The molecule has 3 heterocycles. The van der Waals surface area contributed by atoms with Crippen LogP contribution in [0.4, 0.5) is 0 Å². The van der Waals surface area contributed by atoms with Gasteiger partial charge < -0.3 is 14.3 Å². The maximum atomic E-state index is 13.0. The Kier molecular flexibility index (Phi) is 4.60. The molecule has 1 fully saturated rings. The van der Waals surface area contributed by atoms with Crippen molar-refractivity contribution in [2.75, 3.05) is 6.54 Å². The van der Waals surface area contributed by atoms with Crippen LogP contribution >= 0.6 is 0 Å². The van der Waals surface area contributed by atoms with Crippen LogP contribution in [0.1, 0.15) is 60.3 Å². The fraction of sp³-hybridized carbons (Fsp3) is 0.474. The molecule has 0 spiro atoms. The number of aromatic nitrogens is 1. The summed E-state index contributed by atoms with van der Waals surface area (Å²) >= 11 is 0. The minimum Gasteiger partial charge on any atom is -0.464 e. The fourth-order valence-corrected chi connectivity index (χ4v) is 3.31. The summed E-state index contributed by atoms with van der Waals surface area (Å²) in [7, 11) is 0. The summed E-state index contributed by atoms with van der Waals surface area (Å²) in [5, 5.41) is 0. The van der Waals surface area contributed by atoms with Crippen molar-refractivity contribution in [2.24, 2.45) is 5.92 Å². The first-order chi connectivity index (χ1) is 11.5. The predicted molar refractivity (Wildman–Crippen MR) is 92.1 cm³/mol. The molecule has 2 aromatic heterocycles. The van der Waals surface area contributed by atoms with E-state index in [0.717, 1.165) is 36.5 Å². The lowest BCUT2D eigenvalue weighted by atomic mass is 9.90. The number of amides is 1. The quantitative estimate of drug-likeness (QED) is 0.938. The predicted octanol–water partition coefficient (Wildman–Crippen LogP) is 3.45. The Morgan fingerprint density at radius 1 is 1.33 bits per heavy atom. The Hall–Kier alpha value is -2.30. The van der Waals surface area contributed by atoms with Gasteiger partial charge in [-0.15, -0.1) is 0 Å². The van der Waals surface area contributed by atoms with Gasteiger partial charge in [0.15, 0.2) is 0 Å². The molecule has 0 unspecified atom stereocenters. The van der Waals surface area contributed by atoms with Gasteiger partial charge in [0, 0.05) is 18.7 Å². The Morgan fingerprint density at radius 2 is 2.12 bits per heavy atom. The number of nitrogens with zero attached hydrogens (tertiary/aromatic N) is 1. The zero-order chi connectivity index (χ0) is 17.3. The molecule has 0 aliphatic carbocycles. The fourth-order valence-electron chi connectivity index (χ4n) is 3.31. The number of piperidine rings is 1. The summed E-state index contributed by atoms with van der Waals surface area (Å²) in [6.07, 6.45) is 2.62. The second-order valence-electron chi connectivity index (χ2n) is 6.69. The average molecular weight is 328 g/mol. The highest BCUT2D eigenvalue weighted by molar-refractivity contribution is 5.94. The highest BCUT2D eigenvalue weighted by Crippen LogP contribution is 2.35. The maximum absolute atomic E-state index is 13.0. The van der Waals surface area contributed by atoms with Crippen LogP contribution in [0, 0.1) is 12.8 Å². The van der Waals surface area contributed by atoms with E-state index < -0.39 is 0 Å². The number of H-pyrrole nitrogens is 1. The number of rotatable bonds is 3. The standard InChI is InChI=1S/C19H24N2O3/c1-4-14-6-8-17(24-14)16-11-12(2)9-10-21(16)19(23)15-7-5-13(3)20-18(15)22/h5-8,12,16H,4,9-11H2,1-3H3,(H,20,22)/t12-,16-/m0/s1. The van der Waals surface area contributed by atoms with Crippen molar-refractivity contribution in [3.8, 4) is 0 Å². The molecule has 128 valence electrons. The zero-order valence-electron chi connectivity index (χ0n) is 14.5. The van der Waals surface area contributed by atoms with Crippen LogP contribution in [0.15, 0.2) is 33.5 Å². The van der Waals surface area contributed by atoms with Gasteiger partial charge in [0.1, 0.15) is 17.1 Å².